The number of piperidine rings is 1. The summed E-state index contributed by atoms with van der Waals surface area (Å²) in [5, 5.41) is 0.533. The number of hydrogen-bond donors (Lipinski definition) is 0. The van der Waals surface area contributed by atoms with Gasteiger partial charge in [-0.1, -0.05) is 36.7 Å². The van der Waals surface area contributed by atoms with Crippen LogP contribution in [0.25, 0.3) is 0 Å². The van der Waals surface area contributed by atoms with E-state index in [1.807, 2.05) is 24.0 Å². The minimum Gasteiger partial charge on any atom is -0.490 e. The predicted octanol–water partition coefficient (Wildman–Crippen LogP) is 4.14. The predicted molar refractivity (Wildman–Crippen MR) is 135 cm³/mol. The van der Waals surface area contributed by atoms with Crippen LogP contribution in [-0.4, -0.2) is 68.5 Å². The highest BCUT2D eigenvalue weighted by Crippen LogP contribution is 2.30. The largest absolute Gasteiger partial charge is 0.490 e. The Morgan fingerprint density at radius 2 is 1.83 bits per heavy atom. The monoisotopic (exact) mass is 520 g/mol. The Bertz CT molecular complexity index is 1120. The van der Waals surface area contributed by atoms with Crippen LogP contribution in [0.1, 0.15) is 38.2 Å². The summed E-state index contributed by atoms with van der Waals surface area (Å²) in [4.78, 5) is 15.3. The zero-order valence-corrected chi connectivity index (χ0v) is 21.7. The van der Waals surface area contributed by atoms with Crippen molar-refractivity contribution in [1.82, 2.24) is 9.21 Å². The van der Waals surface area contributed by atoms with E-state index in [2.05, 4.69) is 0 Å². The molecule has 7 nitrogen and oxygen atoms in total. The molecule has 2 saturated heterocycles. The molecule has 2 aromatic rings. The van der Waals surface area contributed by atoms with E-state index in [-0.39, 0.29) is 43.5 Å². The van der Waals surface area contributed by atoms with Gasteiger partial charge < -0.3 is 14.4 Å². The van der Waals surface area contributed by atoms with E-state index >= 15 is 0 Å². The van der Waals surface area contributed by atoms with Crippen molar-refractivity contribution < 1.29 is 22.7 Å². The lowest BCUT2D eigenvalue weighted by atomic mass is 9.97. The first-order valence-electron chi connectivity index (χ1n) is 12.2. The van der Waals surface area contributed by atoms with Gasteiger partial charge in [0.2, 0.25) is 15.9 Å². The zero-order valence-electron chi connectivity index (χ0n) is 20.1. The smallest absolute Gasteiger partial charge is 0.243 e. The molecule has 0 bridgehead atoms. The van der Waals surface area contributed by atoms with E-state index in [4.69, 9.17) is 21.1 Å². The number of likely N-dealkylation sites (tertiary alicyclic amines) is 1. The van der Waals surface area contributed by atoms with Gasteiger partial charge in [-0.2, -0.15) is 4.31 Å². The molecule has 35 heavy (non-hydrogen) atoms. The molecule has 1 atom stereocenters. The van der Waals surface area contributed by atoms with Crippen molar-refractivity contribution in [2.24, 2.45) is 0 Å². The molecule has 0 N–H and O–H groups in total. The van der Waals surface area contributed by atoms with Crippen LogP contribution < -0.4 is 4.74 Å². The number of carbonyl (C=O) groups excluding carboxylic acids is 1. The standard InChI is InChI=1S/C26H33ClN2O5S/c1-2-21-9-11-24(12-10-21)35(31,32)29-15-16-34-26(19-29,18-25(30)28-13-4-3-5-14-28)20-33-23-8-6-7-22(27)17-23/h6-12,17H,2-5,13-16,18-20H2,1H3. The lowest BCUT2D eigenvalue weighted by Crippen LogP contribution is -2.58. The van der Waals surface area contributed by atoms with Crippen LogP contribution in [0.15, 0.2) is 53.4 Å². The summed E-state index contributed by atoms with van der Waals surface area (Å²) in [6.07, 6.45) is 3.96. The Balaban J connectivity index is 1.57. The second kappa shape index (κ2) is 11.3. The quantitative estimate of drug-likeness (QED) is 0.523. The third kappa shape index (κ3) is 6.36. The number of sulfonamides is 1. The average Bonchev–Trinajstić information content (AvgIpc) is 2.88. The van der Waals surface area contributed by atoms with E-state index < -0.39 is 15.6 Å². The van der Waals surface area contributed by atoms with Gasteiger partial charge in [-0.15, -0.1) is 0 Å². The number of rotatable bonds is 8. The van der Waals surface area contributed by atoms with Crippen LogP contribution in [-0.2, 0) is 26.0 Å². The molecular formula is C26H33ClN2O5S. The average molecular weight is 521 g/mol. The van der Waals surface area contributed by atoms with Gasteiger partial charge in [0.25, 0.3) is 0 Å². The molecule has 2 aromatic carbocycles. The van der Waals surface area contributed by atoms with Crippen molar-refractivity contribution in [2.45, 2.75) is 49.5 Å². The van der Waals surface area contributed by atoms with Gasteiger partial charge in [0.1, 0.15) is 18.0 Å². The minimum absolute atomic E-state index is 0.0327. The SMILES string of the molecule is CCc1ccc(S(=O)(=O)N2CCOC(COc3cccc(Cl)c3)(CC(=O)N3CCCCC3)C2)cc1. The molecule has 4 rings (SSSR count). The van der Waals surface area contributed by atoms with Gasteiger partial charge in [-0.05, 0) is 61.6 Å². The van der Waals surface area contributed by atoms with Crippen molar-refractivity contribution in [3.63, 3.8) is 0 Å². The highest BCUT2D eigenvalue weighted by Gasteiger charge is 2.44. The van der Waals surface area contributed by atoms with E-state index in [1.165, 1.54) is 4.31 Å². The van der Waals surface area contributed by atoms with E-state index in [9.17, 15) is 13.2 Å². The summed E-state index contributed by atoms with van der Waals surface area (Å²) >= 11 is 6.10. The fraction of sp³-hybridized carbons (Fsp3) is 0.500. The summed E-state index contributed by atoms with van der Waals surface area (Å²) in [6.45, 7) is 3.93. The number of benzene rings is 2. The third-order valence-electron chi connectivity index (χ3n) is 6.66. The lowest BCUT2D eigenvalue weighted by molar-refractivity contribution is -0.151. The molecule has 2 aliphatic heterocycles. The molecule has 1 unspecified atom stereocenters. The molecule has 1 amide bonds. The number of nitrogens with zero attached hydrogens (tertiary/aromatic N) is 2. The maximum absolute atomic E-state index is 13.5. The molecular weight excluding hydrogens is 488 g/mol. The first-order valence-corrected chi connectivity index (χ1v) is 14.0. The molecule has 190 valence electrons. The molecule has 0 radical (unpaired) electrons. The molecule has 0 aliphatic carbocycles. The lowest BCUT2D eigenvalue weighted by Gasteiger charge is -2.42. The summed E-state index contributed by atoms with van der Waals surface area (Å²) in [7, 11) is -3.76. The molecule has 2 heterocycles. The van der Waals surface area contributed by atoms with Crippen molar-refractivity contribution in [3.05, 3.63) is 59.1 Å². The second-order valence-corrected chi connectivity index (χ2v) is 11.6. The van der Waals surface area contributed by atoms with Crippen LogP contribution in [0.5, 0.6) is 5.75 Å². The topological polar surface area (TPSA) is 76.1 Å². The third-order valence-corrected chi connectivity index (χ3v) is 8.76. The zero-order chi connectivity index (χ0) is 24.9. The Labute approximate surface area is 213 Å². The Hall–Kier alpha value is -2.13. The molecule has 0 aromatic heterocycles. The first-order chi connectivity index (χ1) is 16.8. The van der Waals surface area contributed by atoms with Gasteiger partial charge in [0.15, 0.2) is 0 Å². The molecule has 2 aliphatic rings. The van der Waals surface area contributed by atoms with E-state index in [0.29, 0.717) is 10.8 Å². The molecule has 2 fully saturated rings. The number of hydrogen-bond acceptors (Lipinski definition) is 5. The highest BCUT2D eigenvalue weighted by atomic mass is 35.5. The van der Waals surface area contributed by atoms with Crippen molar-refractivity contribution in [3.8, 4) is 5.75 Å². The van der Waals surface area contributed by atoms with Gasteiger partial charge in [-0.3, -0.25) is 4.79 Å². The summed E-state index contributed by atoms with van der Waals surface area (Å²) in [5.74, 6) is 0.506. The normalized spacial score (nSPS) is 21.6. The van der Waals surface area contributed by atoms with Crippen molar-refractivity contribution >= 4 is 27.5 Å². The molecule has 0 spiro atoms. The van der Waals surface area contributed by atoms with Gasteiger partial charge in [0.05, 0.1) is 17.9 Å². The van der Waals surface area contributed by atoms with Crippen molar-refractivity contribution in [1.29, 1.82) is 0 Å². The minimum atomic E-state index is -3.76. The summed E-state index contributed by atoms with van der Waals surface area (Å²) in [5.41, 5.74) is -0.0340. The number of morpholine rings is 1. The Kier molecular flexibility index (Phi) is 8.37. The maximum Gasteiger partial charge on any atom is 0.243 e. The van der Waals surface area contributed by atoms with Crippen LogP contribution in [0.4, 0.5) is 0 Å². The van der Waals surface area contributed by atoms with E-state index in [0.717, 1.165) is 44.3 Å². The number of halogens is 1. The Morgan fingerprint density at radius 1 is 1.09 bits per heavy atom. The van der Waals surface area contributed by atoms with Gasteiger partial charge in [0, 0.05) is 31.2 Å². The van der Waals surface area contributed by atoms with Crippen LogP contribution in [0, 0.1) is 0 Å². The van der Waals surface area contributed by atoms with Crippen LogP contribution >= 0.6 is 11.6 Å². The van der Waals surface area contributed by atoms with Gasteiger partial charge in [-0.25, -0.2) is 8.42 Å². The number of aryl methyl sites for hydroxylation is 1. The number of amides is 1. The van der Waals surface area contributed by atoms with Gasteiger partial charge >= 0.3 is 0 Å². The molecule has 9 heteroatoms. The molecule has 0 saturated carbocycles. The van der Waals surface area contributed by atoms with Crippen LogP contribution in [0.2, 0.25) is 5.02 Å². The summed E-state index contributed by atoms with van der Waals surface area (Å²) in [6, 6.07) is 14.0. The highest BCUT2D eigenvalue weighted by molar-refractivity contribution is 7.89. The van der Waals surface area contributed by atoms with Crippen LogP contribution in [0.3, 0.4) is 0 Å². The first kappa shape index (κ1) is 25.9. The summed E-state index contributed by atoms with van der Waals surface area (Å²) < 4.78 is 40.6. The van der Waals surface area contributed by atoms with Crippen molar-refractivity contribution in [2.75, 3.05) is 39.4 Å². The fourth-order valence-corrected chi connectivity index (χ4v) is 6.29. The number of carbonyl (C=O) groups is 1. The van der Waals surface area contributed by atoms with E-state index in [1.54, 1.807) is 36.4 Å². The Morgan fingerprint density at radius 3 is 2.51 bits per heavy atom. The fourth-order valence-electron chi connectivity index (χ4n) is 4.61. The maximum atomic E-state index is 13.5. The number of ether oxygens (including phenoxy) is 2. The second-order valence-electron chi connectivity index (χ2n) is 9.23.